The Morgan fingerprint density at radius 1 is 1.14 bits per heavy atom. The molecule has 0 aliphatic rings. The molecular weight excluding hydrogens is 463 g/mol. The third-order valence-electron chi connectivity index (χ3n) is 4.13. The van der Waals surface area contributed by atoms with Crippen LogP contribution in [0.1, 0.15) is 24.1 Å². The predicted molar refractivity (Wildman–Crippen MR) is 125 cm³/mol. The number of imidazole rings is 1. The number of nitrogens with zero attached hydrogens (tertiary/aromatic N) is 4. The number of aryl methyl sites for hydroxylation is 1. The Morgan fingerprint density at radius 3 is 2.64 bits per heavy atom. The van der Waals surface area contributed by atoms with Gasteiger partial charge in [0.15, 0.2) is 5.96 Å². The van der Waals surface area contributed by atoms with Gasteiger partial charge in [0, 0.05) is 19.3 Å². The van der Waals surface area contributed by atoms with E-state index in [4.69, 9.17) is 4.99 Å². The number of aromatic amines is 1. The highest BCUT2D eigenvalue weighted by Crippen LogP contribution is 2.16. The average molecular weight is 490 g/mol. The van der Waals surface area contributed by atoms with Crippen LogP contribution in [0.3, 0.4) is 0 Å². The number of nitrogens with one attached hydrogen (secondary N) is 2. The molecule has 148 valence electrons. The van der Waals surface area contributed by atoms with Gasteiger partial charge in [-0.05, 0) is 31.5 Å². The molecule has 0 radical (unpaired) electrons. The van der Waals surface area contributed by atoms with Crippen LogP contribution in [-0.4, -0.2) is 39.4 Å². The van der Waals surface area contributed by atoms with Gasteiger partial charge in [-0.25, -0.2) is 9.98 Å². The van der Waals surface area contributed by atoms with Crippen molar-refractivity contribution in [3.63, 3.8) is 0 Å². The second-order valence-corrected chi connectivity index (χ2v) is 6.41. The van der Waals surface area contributed by atoms with Gasteiger partial charge in [-0.3, -0.25) is 4.98 Å². The molecule has 1 aromatic carbocycles. The Bertz CT molecular complexity index is 891. The van der Waals surface area contributed by atoms with Crippen LogP contribution in [0.15, 0.2) is 59.7 Å². The van der Waals surface area contributed by atoms with Crippen molar-refractivity contribution in [3.05, 3.63) is 71.9 Å². The number of benzene rings is 1. The number of pyridine rings is 1. The summed E-state index contributed by atoms with van der Waals surface area (Å²) >= 11 is 0. The lowest BCUT2D eigenvalue weighted by atomic mass is 10.2. The third kappa shape index (κ3) is 6.05. The number of hydrogen-bond acceptors (Lipinski definition) is 3. The zero-order valence-corrected chi connectivity index (χ0v) is 18.8. The summed E-state index contributed by atoms with van der Waals surface area (Å²) in [6, 6.07) is 16.2. The topological polar surface area (TPSA) is 69.2 Å². The van der Waals surface area contributed by atoms with Gasteiger partial charge in [0.25, 0.3) is 0 Å². The average Bonchev–Trinajstić information content (AvgIpc) is 3.14. The standard InChI is InChI=1S/C21H26N6.HI/c1-4-22-21(24-13-18-12-8-9-16(2)25-18)27(3)15-20-23-14-19(26-20)17-10-6-5-7-11-17;/h5-12,14H,4,13,15H2,1-3H3,(H,22,24)(H,23,26);1H. The van der Waals surface area contributed by atoms with E-state index in [0.29, 0.717) is 13.1 Å². The third-order valence-corrected chi connectivity index (χ3v) is 4.13. The van der Waals surface area contributed by atoms with Crippen molar-refractivity contribution in [2.45, 2.75) is 26.9 Å². The molecule has 0 saturated heterocycles. The van der Waals surface area contributed by atoms with Gasteiger partial charge in [-0.15, -0.1) is 24.0 Å². The summed E-state index contributed by atoms with van der Waals surface area (Å²) in [5.74, 6) is 1.73. The summed E-state index contributed by atoms with van der Waals surface area (Å²) in [6.45, 7) is 6.04. The van der Waals surface area contributed by atoms with Crippen molar-refractivity contribution in [3.8, 4) is 11.3 Å². The fourth-order valence-corrected chi connectivity index (χ4v) is 2.82. The minimum Gasteiger partial charge on any atom is -0.357 e. The van der Waals surface area contributed by atoms with Crippen molar-refractivity contribution < 1.29 is 0 Å². The van der Waals surface area contributed by atoms with E-state index in [1.165, 1.54) is 0 Å². The van der Waals surface area contributed by atoms with E-state index in [0.717, 1.165) is 41.0 Å². The number of aromatic nitrogens is 3. The Balaban J connectivity index is 0.00000280. The van der Waals surface area contributed by atoms with E-state index in [2.05, 4.69) is 44.2 Å². The lowest BCUT2D eigenvalue weighted by Gasteiger charge is -2.21. The van der Waals surface area contributed by atoms with Crippen LogP contribution in [0.2, 0.25) is 0 Å². The Kier molecular flexibility index (Phi) is 8.43. The van der Waals surface area contributed by atoms with Crippen LogP contribution >= 0.6 is 24.0 Å². The maximum atomic E-state index is 4.71. The molecule has 2 N–H and O–H groups in total. The van der Waals surface area contributed by atoms with Crippen molar-refractivity contribution in [1.82, 2.24) is 25.2 Å². The van der Waals surface area contributed by atoms with Crippen molar-refractivity contribution in [1.29, 1.82) is 0 Å². The zero-order valence-electron chi connectivity index (χ0n) is 16.5. The molecule has 0 spiro atoms. The second kappa shape index (κ2) is 10.8. The minimum absolute atomic E-state index is 0. The molecule has 0 fully saturated rings. The summed E-state index contributed by atoms with van der Waals surface area (Å²) in [7, 11) is 2.01. The summed E-state index contributed by atoms with van der Waals surface area (Å²) in [5, 5.41) is 3.33. The first-order chi connectivity index (χ1) is 13.2. The van der Waals surface area contributed by atoms with E-state index in [-0.39, 0.29) is 24.0 Å². The van der Waals surface area contributed by atoms with Gasteiger partial charge in [-0.2, -0.15) is 0 Å². The van der Waals surface area contributed by atoms with Gasteiger partial charge < -0.3 is 15.2 Å². The largest absolute Gasteiger partial charge is 0.357 e. The highest BCUT2D eigenvalue weighted by atomic mass is 127. The summed E-state index contributed by atoms with van der Waals surface area (Å²) in [5.41, 5.74) is 4.11. The smallest absolute Gasteiger partial charge is 0.194 e. The van der Waals surface area contributed by atoms with Gasteiger partial charge >= 0.3 is 0 Å². The highest BCUT2D eigenvalue weighted by molar-refractivity contribution is 14.0. The Morgan fingerprint density at radius 2 is 1.93 bits per heavy atom. The number of halogens is 1. The second-order valence-electron chi connectivity index (χ2n) is 6.41. The van der Waals surface area contributed by atoms with Crippen LogP contribution < -0.4 is 5.32 Å². The Hall–Kier alpha value is -2.42. The van der Waals surface area contributed by atoms with E-state index in [1.807, 2.05) is 56.6 Å². The molecule has 0 aliphatic heterocycles. The number of aliphatic imine (C=N–C) groups is 1. The normalized spacial score (nSPS) is 11.0. The van der Waals surface area contributed by atoms with Gasteiger partial charge in [0.2, 0.25) is 0 Å². The molecule has 3 aromatic rings. The molecule has 2 heterocycles. The molecule has 28 heavy (non-hydrogen) atoms. The van der Waals surface area contributed by atoms with E-state index >= 15 is 0 Å². The van der Waals surface area contributed by atoms with E-state index in [1.54, 1.807) is 0 Å². The monoisotopic (exact) mass is 490 g/mol. The van der Waals surface area contributed by atoms with E-state index in [9.17, 15) is 0 Å². The summed E-state index contributed by atoms with van der Waals surface area (Å²) in [6.07, 6.45) is 1.87. The van der Waals surface area contributed by atoms with Crippen LogP contribution in [0.5, 0.6) is 0 Å². The van der Waals surface area contributed by atoms with Crippen LogP contribution in [0.4, 0.5) is 0 Å². The van der Waals surface area contributed by atoms with Gasteiger partial charge in [0.1, 0.15) is 5.82 Å². The summed E-state index contributed by atoms with van der Waals surface area (Å²) in [4.78, 5) is 19.2. The van der Waals surface area contributed by atoms with Gasteiger partial charge in [0.05, 0.1) is 30.7 Å². The molecule has 0 bridgehead atoms. The van der Waals surface area contributed by atoms with Crippen LogP contribution in [-0.2, 0) is 13.1 Å². The first-order valence-corrected chi connectivity index (χ1v) is 9.17. The fraction of sp³-hybridized carbons (Fsp3) is 0.286. The molecule has 0 aliphatic carbocycles. The number of hydrogen-bond donors (Lipinski definition) is 2. The van der Waals surface area contributed by atoms with Crippen LogP contribution in [0.25, 0.3) is 11.3 Å². The zero-order chi connectivity index (χ0) is 19.1. The fourth-order valence-electron chi connectivity index (χ4n) is 2.82. The molecule has 3 rings (SSSR count). The first kappa shape index (κ1) is 21.9. The van der Waals surface area contributed by atoms with E-state index < -0.39 is 0 Å². The lowest BCUT2D eigenvalue weighted by Crippen LogP contribution is -2.38. The quantitative estimate of drug-likeness (QED) is 0.312. The first-order valence-electron chi connectivity index (χ1n) is 9.17. The van der Waals surface area contributed by atoms with Crippen LogP contribution in [0, 0.1) is 6.92 Å². The SMILES string of the molecule is CCNC(=NCc1cccc(C)n1)N(C)Cc1ncc(-c2ccccc2)[nH]1.I. The molecule has 0 atom stereocenters. The predicted octanol–water partition coefficient (Wildman–Crippen LogP) is 4.00. The molecular formula is C21H27IN6. The van der Waals surface area contributed by atoms with Crippen molar-refractivity contribution in [2.75, 3.05) is 13.6 Å². The molecule has 0 unspecified atom stereocenters. The van der Waals surface area contributed by atoms with Crippen molar-refractivity contribution >= 4 is 29.9 Å². The summed E-state index contributed by atoms with van der Waals surface area (Å²) < 4.78 is 0. The number of rotatable bonds is 6. The number of guanidine groups is 1. The maximum absolute atomic E-state index is 4.71. The molecule has 0 amide bonds. The highest BCUT2D eigenvalue weighted by Gasteiger charge is 2.10. The van der Waals surface area contributed by atoms with Gasteiger partial charge in [-0.1, -0.05) is 36.4 Å². The molecule has 2 aromatic heterocycles. The Labute approximate surface area is 183 Å². The number of H-pyrrole nitrogens is 1. The lowest BCUT2D eigenvalue weighted by molar-refractivity contribution is 0.464. The molecule has 6 nitrogen and oxygen atoms in total. The molecule has 0 saturated carbocycles. The van der Waals surface area contributed by atoms with Crippen molar-refractivity contribution in [2.24, 2.45) is 4.99 Å². The maximum Gasteiger partial charge on any atom is 0.194 e. The minimum atomic E-state index is 0. The molecule has 7 heteroatoms.